The smallest absolute Gasteiger partial charge is 0.235 e. The quantitative estimate of drug-likeness (QED) is 0.770. The number of aromatic nitrogens is 1. The maximum Gasteiger partial charge on any atom is 0.235 e. The predicted molar refractivity (Wildman–Crippen MR) is 68.1 cm³/mol. The lowest BCUT2D eigenvalue weighted by molar-refractivity contribution is -0.134. The van der Waals surface area contributed by atoms with Crippen molar-refractivity contribution < 1.29 is 9.59 Å². The molecular formula is C14H18N2O2. The van der Waals surface area contributed by atoms with Crippen LogP contribution in [0.5, 0.6) is 0 Å². The molecule has 1 aromatic rings. The third-order valence-corrected chi connectivity index (χ3v) is 3.14. The number of carbonyl (C=O) groups is 2. The largest absolute Gasteiger partial charge is 0.296 e. The monoisotopic (exact) mass is 246 g/mol. The number of imide groups is 1. The molecule has 0 aromatic carbocycles. The summed E-state index contributed by atoms with van der Waals surface area (Å²) < 4.78 is 0. The highest BCUT2D eigenvalue weighted by Gasteiger charge is 2.29. The van der Waals surface area contributed by atoms with Crippen molar-refractivity contribution in [2.75, 3.05) is 0 Å². The average molecular weight is 246 g/mol. The van der Waals surface area contributed by atoms with Gasteiger partial charge in [-0.15, -0.1) is 0 Å². The number of amides is 2. The molecule has 1 saturated heterocycles. The van der Waals surface area contributed by atoms with Crippen LogP contribution in [0, 0.1) is 0 Å². The highest BCUT2D eigenvalue weighted by atomic mass is 16.2. The Morgan fingerprint density at radius 3 is 2.61 bits per heavy atom. The summed E-state index contributed by atoms with van der Waals surface area (Å²) in [6.07, 6.45) is 0.934. The molecule has 1 aliphatic heterocycles. The van der Waals surface area contributed by atoms with E-state index in [1.54, 1.807) is 0 Å². The van der Waals surface area contributed by atoms with Crippen molar-refractivity contribution in [3.8, 4) is 0 Å². The van der Waals surface area contributed by atoms with Crippen molar-refractivity contribution in [2.24, 2.45) is 0 Å². The first-order chi connectivity index (χ1) is 8.38. The number of nitrogens with zero attached hydrogens (tertiary/aromatic N) is 1. The lowest BCUT2D eigenvalue weighted by atomic mass is 9.89. The Hall–Kier alpha value is -1.71. The van der Waals surface area contributed by atoms with Crippen LogP contribution in [0.4, 0.5) is 0 Å². The fourth-order valence-corrected chi connectivity index (χ4v) is 2.04. The number of piperidine rings is 1. The van der Waals surface area contributed by atoms with Crippen molar-refractivity contribution >= 4 is 11.8 Å². The van der Waals surface area contributed by atoms with Gasteiger partial charge in [0.15, 0.2) is 0 Å². The molecule has 1 N–H and O–H groups in total. The lowest BCUT2D eigenvalue weighted by Crippen LogP contribution is -2.39. The SMILES string of the molecule is CC(C)(C)c1cccc(C2CCC(=O)NC2=O)n1. The first-order valence-electron chi connectivity index (χ1n) is 6.19. The predicted octanol–water partition coefficient (Wildman–Crippen LogP) is 1.90. The van der Waals surface area contributed by atoms with E-state index in [1.165, 1.54) is 0 Å². The summed E-state index contributed by atoms with van der Waals surface area (Å²) in [5.41, 5.74) is 1.67. The Morgan fingerprint density at radius 2 is 2.00 bits per heavy atom. The van der Waals surface area contributed by atoms with E-state index in [4.69, 9.17) is 0 Å². The van der Waals surface area contributed by atoms with Gasteiger partial charge in [0.25, 0.3) is 0 Å². The fourth-order valence-electron chi connectivity index (χ4n) is 2.04. The molecule has 2 amide bonds. The van der Waals surface area contributed by atoms with E-state index < -0.39 is 0 Å². The van der Waals surface area contributed by atoms with E-state index >= 15 is 0 Å². The van der Waals surface area contributed by atoms with Gasteiger partial charge in [0.2, 0.25) is 11.8 Å². The Bertz CT molecular complexity index is 489. The Morgan fingerprint density at radius 1 is 1.28 bits per heavy atom. The minimum absolute atomic E-state index is 0.0447. The highest BCUT2D eigenvalue weighted by Crippen LogP contribution is 2.26. The van der Waals surface area contributed by atoms with Gasteiger partial charge in [-0.1, -0.05) is 26.8 Å². The molecule has 0 saturated carbocycles. The molecule has 0 spiro atoms. The van der Waals surface area contributed by atoms with Gasteiger partial charge in [-0.3, -0.25) is 19.9 Å². The molecule has 0 bridgehead atoms. The minimum atomic E-state index is -0.301. The van der Waals surface area contributed by atoms with Gasteiger partial charge >= 0.3 is 0 Å². The third-order valence-electron chi connectivity index (χ3n) is 3.14. The Balaban J connectivity index is 2.29. The number of nitrogens with one attached hydrogen (secondary N) is 1. The zero-order valence-electron chi connectivity index (χ0n) is 11.0. The summed E-state index contributed by atoms with van der Waals surface area (Å²) in [5, 5.41) is 2.37. The van der Waals surface area contributed by atoms with Gasteiger partial charge in [0, 0.05) is 17.5 Å². The molecule has 18 heavy (non-hydrogen) atoms. The molecule has 4 heteroatoms. The van der Waals surface area contributed by atoms with Crippen LogP contribution in [0.2, 0.25) is 0 Å². The van der Waals surface area contributed by atoms with Crippen LogP contribution in [-0.2, 0) is 15.0 Å². The van der Waals surface area contributed by atoms with E-state index in [2.05, 4.69) is 31.1 Å². The van der Waals surface area contributed by atoms with Crippen LogP contribution in [0.1, 0.15) is 50.9 Å². The van der Waals surface area contributed by atoms with E-state index in [0.717, 1.165) is 11.4 Å². The van der Waals surface area contributed by atoms with Crippen molar-refractivity contribution in [3.05, 3.63) is 29.6 Å². The number of hydrogen-bond acceptors (Lipinski definition) is 3. The third kappa shape index (κ3) is 2.58. The molecule has 1 fully saturated rings. The second-order valence-electron chi connectivity index (χ2n) is 5.70. The van der Waals surface area contributed by atoms with Crippen LogP contribution in [-0.4, -0.2) is 16.8 Å². The molecule has 1 aliphatic rings. The topological polar surface area (TPSA) is 59.1 Å². The molecule has 1 unspecified atom stereocenters. The standard InChI is InChI=1S/C14H18N2O2/c1-14(2,3)11-6-4-5-10(15-11)9-7-8-12(17)16-13(9)18/h4-6,9H,7-8H2,1-3H3,(H,16,17,18). The zero-order chi connectivity index (χ0) is 13.3. The molecule has 96 valence electrons. The summed E-state index contributed by atoms with van der Waals surface area (Å²) in [6.45, 7) is 6.26. The second kappa shape index (κ2) is 4.52. The van der Waals surface area contributed by atoms with Gasteiger partial charge in [0.05, 0.1) is 11.6 Å². The maximum atomic E-state index is 11.8. The van der Waals surface area contributed by atoms with Crippen molar-refractivity contribution in [3.63, 3.8) is 0 Å². The van der Waals surface area contributed by atoms with E-state index in [9.17, 15) is 9.59 Å². The van der Waals surface area contributed by atoms with Gasteiger partial charge in [-0.05, 0) is 18.6 Å². The van der Waals surface area contributed by atoms with Crippen molar-refractivity contribution in [2.45, 2.75) is 44.9 Å². The average Bonchev–Trinajstić information content (AvgIpc) is 2.28. The van der Waals surface area contributed by atoms with Crippen LogP contribution in [0.3, 0.4) is 0 Å². The number of rotatable bonds is 1. The normalized spacial score (nSPS) is 20.7. The number of hydrogen-bond donors (Lipinski definition) is 1. The summed E-state index contributed by atoms with van der Waals surface area (Å²) in [5.74, 6) is -0.724. The maximum absolute atomic E-state index is 11.8. The molecule has 2 rings (SSSR count). The molecule has 0 aliphatic carbocycles. The Labute approximate surface area is 107 Å². The fraction of sp³-hybridized carbons (Fsp3) is 0.500. The van der Waals surface area contributed by atoms with E-state index in [-0.39, 0.29) is 23.1 Å². The molecule has 1 atom stereocenters. The summed E-state index contributed by atoms with van der Waals surface area (Å²) >= 11 is 0. The lowest BCUT2D eigenvalue weighted by Gasteiger charge is -2.23. The Kier molecular flexibility index (Phi) is 3.20. The first kappa shape index (κ1) is 12.7. The van der Waals surface area contributed by atoms with Crippen LogP contribution < -0.4 is 5.32 Å². The van der Waals surface area contributed by atoms with Crippen LogP contribution in [0.25, 0.3) is 0 Å². The number of carbonyl (C=O) groups excluding carboxylic acids is 2. The molecule has 0 radical (unpaired) electrons. The number of pyridine rings is 1. The molecular weight excluding hydrogens is 228 g/mol. The molecule has 1 aromatic heterocycles. The molecule has 2 heterocycles. The van der Waals surface area contributed by atoms with Gasteiger partial charge in [-0.2, -0.15) is 0 Å². The molecule has 4 nitrogen and oxygen atoms in total. The highest BCUT2D eigenvalue weighted by molar-refractivity contribution is 6.00. The van der Waals surface area contributed by atoms with Gasteiger partial charge in [-0.25, -0.2) is 0 Å². The summed E-state index contributed by atoms with van der Waals surface area (Å²) in [4.78, 5) is 27.5. The van der Waals surface area contributed by atoms with Crippen LogP contribution in [0.15, 0.2) is 18.2 Å². The zero-order valence-corrected chi connectivity index (χ0v) is 11.0. The summed E-state index contributed by atoms with van der Waals surface area (Å²) in [6, 6.07) is 5.75. The van der Waals surface area contributed by atoms with E-state index in [0.29, 0.717) is 12.8 Å². The van der Waals surface area contributed by atoms with Gasteiger partial charge in [0.1, 0.15) is 0 Å². The van der Waals surface area contributed by atoms with Crippen LogP contribution >= 0.6 is 0 Å². The summed E-state index contributed by atoms with van der Waals surface area (Å²) in [7, 11) is 0. The van der Waals surface area contributed by atoms with Crippen molar-refractivity contribution in [1.29, 1.82) is 0 Å². The van der Waals surface area contributed by atoms with Gasteiger partial charge < -0.3 is 0 Å². The minimum Gasteiger partial charge on any atom is -0.296 e. The van der Waals surface area contributed by atoms with E-state index in [1.807, 2.05) is 18.2 Å². The first-order valence-corrected chi connectivity index (χ1v) is 6.19. The second-order valence-corrected chi connectivity index (χ2v) is 5.70. The van der Waals surface area contributed by atoms with Crippen molar-refractivity contribution in [1.82, 2.24) is 10.3 Å².